The van der Waals surface area contributed by atoms with Gasteiger partial charge in [-0.25, -0.2) is 4.57 Å². The molecule has 2 atom stereocenters. The van der Waals surface area contributed by atoms with E-state index in [0.29, 0.717) is 18.9 Å². The highest BCUT2D eigenvalue weighted by Crippen LogP contribution is 2.66. The number of aromatic nitrogens is 1. The summed E-state index contributed by atoms with van der Waals surface area (Å²) >= 11 is 1.30. The van der Waals surface area contributed by atoms with E-state index in [9.17, 15) is 4.57 Å². The molecule has 0 amide bonds. The second-order valence-corrected chi connectivity index (χ2v) is 9.69. The summed E-state index contributed by atoms with van der Waals surface area (Å²) in [6.45, 7) is 0.994. The van der Waals surface area contributed by atoms with E-state index in [2.05, 4.69) is 15.6 Å². The second kappa shape index (κ2) is 9.16. The molecule has 1 saturated heterocycles. The van der Waals surface area contributed by atoms with Gasteiger partial charge in [0.05, 0.1) is 12.7 Å². The molecule has 1 aromatic rings. The molecular formula is C15H26N3O3PS. The summed E-state index contributed by atoms with van der Waals surface area (Å²) in [6, 6.07) is 3.87. The first-order valence-corrected chi connectivity index (χ1v) is 11.0. The molecule has 6 nitrogen and oxygen atoms in total. The van der Waals surface area contributed by atoms with Gasteiger partial charge in [0.2, 0.25) is 0 Å². The van der Waals surface area contributed by atoms with Crippen LogP contribution in [0.3, 0.4) is 0 Å². The topological polar surface area (TPSA) is 72.5 Å². The zero-order valence-electron chi connectivity index (χ0n) is 13.9. The van der Waals surface area contributed by atoms with Gasteiger partial charge in [-0.1, -0.05) is 6.07 Å². The van der Waals surface area contributed by atoms with Crippen molar-refractivity contribution in [2.45, 2.75) is 19.4 Å². The average molecular weight is 359 g/mol. The quantitative estimate of drug-likeness (QED) is 0.692. The van der Waals surface area contributed by atoms with E-state index in [1.807, 2.05) is 33.2 Å². The number of rotatable bonds is 8. The summed E-state index contributed by atoms with van der Waals surface area (Å²) in [5.74, 6) is 1.09. The zero-order valence-corrected chi connectivity index (χ0v) is 15.7. The normalized spacial score (nSPS) is 25.0. The van der Waals surface area contributed by atoms with E-state index in [4.69, 9.17) is 9.05 Å². The van der Waals surface area contributed by atoms with Crippen molar-refractivity contribution in [2.24, 2.45) is 5.92 Å². The first-order valence-electron chi connectivity index (χ1n) is 7.86. The molecule has 23 heavy (non-hydrogen) atoms. The molecule has 8 heteroatoms. The number of hydrogen-bond donors (Lipinski definition) is 2. The monoisotopic (exact) mass is 359 g/mol. The molecule has 0 radical (unpaired) electrons. The summed E-state index contributed by atoms with van der Waals surface area (Å²) in [5, 5.41) is 6.32. The summed E-state index contributed by atoms with van der Waals surface area (Å²) in [6.07, 6.45) is 2.25. The number of hydrogen-bond acceptors (Lipinski definition) is 7. The van der Waals surface area contributed by atoms with Crippen LogP contribution in [-0.4, -0.2) is 44.5 Å². The summed E-state index contributed by atoms with van der Waals surface area (Å²) < 4.78 is 24.3. The lowest BCUT2D eigenvalue weighted by Gasteiger charge is -2.30. The van der Waals surface area contributed by atoms with E-state index in [1.165, 1.54) is 11.4 Å². The molecule has 130 valence electrons. The predicted molar refractivity (Wildman–Crippen MR) is 94.8 cm³/mol. The summed E-state index contributed by atoms with van der Waals surface area (Å²) in [7, 11) is 3.84. The molecule has 1 fully saturated rings. The molecular weight excluding hydrogens is 333 g/mol. The second-order valence-electron chi connectivity index (χ2n) is 5.62. The Hall–Kier alpha value is -0.430. The molecule has 1 aromatic heterocycles. The molecule has 0 aliphatic carbocycles. The Bertz CT molecular complexity index is 540. The third kappa shape index (κ3) is 5.55. The van der Waals surface area contributed by atoms with Gasteiger partial charge in [0, 0.05) is 29.6 Å². The molecule has 0 saturated carbocycles. The van der Waals surface area contributed by atoms with E-state index in [-0.39, 0.29) is 6.10 Å². The highest BCUT2D eigenvalue weighted by Gasteiger charge is 2.36. The molecule has 0 spiro atoms. The highest BCUT2D eigenvalue weighted by atomic mass is 32.7. The van der Waals surface area contributed by atoms with Crippen LogP contribution in [0, 0.1) is 12.8 Å². The largest absolute Gasteiger partial charge is 0.389 e. The van der Waals surface area contributed by atoms with Crippen molar-refractivity contribution >= 4 is 18.2 Å². The standard InChI is InChI=1S/C15H26N3O3PS/c1-12-14(5-4-7-18-12)15-6-8-20-22(19,21-15)23-11-13(9-16-2)10-17-3/h4-5,7,13,15-17H,6,8-11H2,1-3H3. The number of nitrogens with zero attached hydrogens (tertiary/aromatic N) is 1. The van der Waals surface area contributed by atoms with Crippen molar-refractivity contribution < 1.29 is 13.6 Å². The third-order valence-electron chi connectivity index (χ3n) is 3.73. The maximum atomic E-state index is 12.9. The van der Waals surface area contributed by atoms with Crippen LogP contribution in [0.5, 0.6) is 0 Å². The van der Waals surface area contributed by atoms with Crippen LogP contribution in [0.4, 0.5) is 0 Å². The van der Waals surface area contributed by atoms with Gasteiger partial charge in [0.1, 0.15) is 0 Å². The van der Waals surface area contributed by atoms with Gasteiger partial charge >= 0.3 is 6.80 Å². The van der Waals surface area contributed by atoms with Crippen molar-refractivity contribution in [1.82, 2.24) is 15.6 Å². The average Bonchev–Trinajstić information content (AvgIpc) is 2.54. The summed E-state index contributed by atoms with van der Waals surface area (Å²) in [5.41, 5.74) is 1.91. The number of aryl methyl sites for hydroxylation is 1. The van der Waals surface area contributed by atoms with Crippen LogP contribution < -0.4 is 10.6 Å². The van der Waals surface area contributed by atoms with Gasteiger partial charge in [0.15, 0.2) is 0 Å². The molecule has 0 aromatic carbocycles. The Kier molecular flexibility index (Phi) is 7.53. The van der Waals surface area contributed by atoms with Gasteiger partial charge in [-0.15, -0.1) is 0 Å². The van der Waals surface area contributed by atoms with Gasteiger partial charge in [-0.3, -0.25) is 9.51 Å². The van der Waals surface area contributed by atoms with Crippen molar-refractivity contribution in [3.05, 3.63) is 29.6 Å². The molecule has 0 bridgehead atoms. The van der Waals surface area contributed by atoms with Crippen LogP contribution in [0.15, 0.2) is 18.3 Å². The lowest BCUT2D eigenvalue weighted by molar-refractivity contribution is 0.0916. The third-order valence-corrected chi connectivity index (χ3v) is 7.65. The first kappa shape index (κ1) is 18.9. The first-order chi connectivity index (χ1) is 11.1. The maximum Gasteiger partial charge on any atom is 0.389 e. The van der Waals surface area contributed by atoms with Crippen LogP contribution in [0.1, 0.15) is 23.8 Å². The minimum atomic E-state index is -3.12. The molecule has 2 heterocycles. The zero-order chi connectivity index (χ0) is 16.7. The number of nitrogens with one attached hydrogen (secondary N) is 2. The fourth-order valence-corrected chi connectivity index (χ4v) is 6.40. The molecule has 1 aliphatic heterocycles. The van der Waals surface area contributed by atoms with Gasteiger partial charge in [-0.05, 0) is 57.5 Å². The van der Waals surface area contributed by atoms with Crippen molar-refractivity contribution in [1.29, 1.82) is 0 Å². The van der Waals surface area contributed by atoms with Crippen LogP contribution in [0.25, 0.3) is 0 Å². The predicted octanol–water partition coefficient (Wildman–Crippen LogP) is 2.76. The Morgan fingerprint density at radius 3 is 2.83 bits per heavy atom. The van der Waals surface area contributed by atoms with Crippen molar-refractivity contribution in [3.63, 3.8) is 0 Å². The Morgan fingerprint density at radius 2 is 2.17 bits per heavy atom. The van der Waals surface area contributed by atoms with E-state index >= 15 is 0 Å². The lowest BCUT2D eigenvalue weighted by atomic mass is 10.1. The molecule has 2 N–H and O–H groups in total. The molecule has 1 aliphatic rings. The molecule has 2 rings (SSSR count). The van der Waals surface area contributed by atoms with Crippen molar-refractivity contribution in [2.75, 3.05) is 39.5 Å². The Morgan fingerprint density at radius 1 is 1.43 bits per heavy atom. The lowest BCUT2D eigenvalue weighted by Crippen LogP contribution is -2.29. The smallest absolute Gasteiger partial charge is 0.319 e. The molecule has 2 unspecified atom stereocenters. The maximum absolute atomic E-state index is 12.9. The van der Waals surface area contributed by atoms with E-state index < -0.39 is 6.80 Å². The van der Waals surface area contributed by atoms with Gasteiger partial charge < -0.3 is 15.2 Å². The van der Waals surface area contributed by atoms with Crippen LogP contribution in [0.2, 0.25) is 0 Å². The minimum Gasteiger partial charge on any atom is -0.319 e. The fourth-order valence-electron chi connectivity index (χ4n) is 2.59. The van der Waals surface area contributed by atoms with E-state index in [0.717, 1.165) is 30.1 Å². The minimum absolute atomic E-state index is 0.206. The SMILES string of the molecule is CNCC(CNC)CSP1(=O)OCCC(c2cccnc2C)O1. The van der Waals surface area contributed by atoms with Crippen molar-refractivity contribution in [3.8, 4) is 0 Å². The Labute approximate surface area is 142 Å². The van der Waals surface area contributed by atoms with Gasteiger partial charge in [-0.2, -0.15) is 0 Å². The van der Waals surface area contributed by atoms with Crippen LogP contribution >= 0.6 is 18.2 Å². The van der Waals surface area contributed by atoms with Crippen LogP contribution in [-0.2, 0) is 13.6 Å². The highest BCUT2D eigenvalue weighted by molar-refractivity contribution is 8.55. The Balaban J connectivity index is 1.98. The van der Waals surface area contributed by atoms with Gasteiger partial charge in [0.25, 0.3) is 0 Å². The number of pyridine rings is 1. The fraction of sp³-hybridized carbons (Fsp3) is 0.667. The summed E-state index contributed by atoms with van der Waals surface area (Å²) in [4.78, 5) is 4.29. The van der Waals surface area contributed by atoms with E-state index in [1.54, 1.807) is 6.20 Å².